The highest BCUT2D eigenvalue weighted by Gasteiger charge is 2.34. The topological polar surface area (TPSA) is 66.8 Å². The highest BCUT2D eigenvalue weighted by atomic mass is 19.4. The van der Waals surface area contributed by atoms with Crippen LogP contribution >= 0.6 is 0 Å². The number of amides is 1. The van der Waals surface area contributed by atoms with Gasteiger partial charge in [0.15, 0.2) is 0 Å². The smallest absolute Gasteiger partial charge is 0.481 e. The number of nitrogens with zero attached hydrogens (tertiary/aromatic N) is 1. The van der Waals surface area contributed by atoms with Gasteiger partial charge < -0.3 is 14.7 Å². The SMILES string of the molecule is CN(CCCC(=O)O)C(=O)C(C)(C)c1ccc(OC(F)(F)F)cc1. The van der Waals surface area contributed by atoms with Gasteiger partial charge >= 0.3 is 12.3 Å². The van der Waals surface area contributed by atoms with Gasteiger partial charge in [-0.1, -0.05) is 12.1 Å². The number of hydrogen-bond acceptors (Lipinski definition) is 3. The van der Waals surface area contributed by atoms with Gasteiger partial charge in [-0.05, 0) is 38.0 Å². The van der Waals surface area contributed by atoms with Crippen LogP contribution in [0, 0.1) is 0 Å². The second kappa shape index (κ2) is 7.55. The maximum Gasteiger partial charge on any atom is 0.573 e. The summed E-state index contributed by atoms with van der Waals surface area (Å²) in [4.78, 5) is 24.4. The van der Waals surface area contributed by atoms with E-state index in [-0.39, 0.29) is 24.6 Å². The molecule has 0 bridgehead atoms. The minimum atomic E-state index is -4.77. The number of carbonyl (C=O) groups excluding carboxylic acids is 1. The highest BCUT2D eigenvalue weighted by molar-refractivity contribution is 5.87. The van der Waals surface area contributed by atoms with E-state index in [9.17, 15) is 22.8 Å². The van der Waals surface area contributed by atoms with Crippen molar-refractivity contribution in [2.75, 3.05) is 13.6 Å². The average molecular weight is 347 g/mol. The number of aliphatic carboxylic acids is 1. The number of hydrogen-bond donors (Lipinski definition) is 1. The summed E-state index contributed by atoms with van der Waals surface area (Å²) in [5, 5.41) is 8.61. The summed E-state index contributed by atoms with van der Waals surface area (Å²) in [7, 11) is 1.56. The Morgan fingerprint density at radius 1 is 1.17 bits per heavy atom. The lowest BCUT2D eigenvalue weighted by molar-refractivity contribution is -0.274. The fourth-order valence-electron chi connectivity index (χ4n) is 2.24. The number of carboxylic acid groups (broad SMARTS) is 1. The number of benzene rings is 1. The van der Waals surface area contributed by atoms with E-state index >= 15 is 0 Å². The van der Waals surface area contributed by atoms with Gasteiger partial charge in [0.2, 0.25) is 5.91 Å². The van der Waals surface area contributed by atoms with Gasteiger partial charge in [-0.3, -0.25) is 9.59 Å². The molecule has 1 rings (SSSR count). The minimum absolute atomic E-state index is 0.0402. The monoisotopic (exact) mass is 347 g/mol. The van der Waals surface area contributed by atoms with E-state index in [0.717, 1.165) is 12.1 Å². The van der Waals surface area contributed by atoms with E-state index in [1.165, 1.54) is 17.0 Å². The summed E-state index contributed by atoms with van der Waals surface area (Å²) in [5.41, 5.74) is -0.429. The lowest BCUT2D eigenvalue weighted by Gasteiger charge is -2.30. The van der Waals surface area contributed by atoms with Crippen molar-refractivity contribution in [3.63, 3.8) is 0 Å². The Kier molecular flexibility index (Phi) is 6.22. The van der Waals surface area contributed by atoms with Crippen LogP contribution in [0.4, 0.5) is 13.2 Å². The Labute approximate surface area is 138 Å². The molecule has 0 aliphatic carbocycles. The first-order chi connectivity index (χ1) is 10.9. The molecule has 0 saturated carbocycles. The third-order valence-corrected chi connectivity index (χ3v) is 3.58. The van der Waals surface area contributed by atoms with Crippen molar-refractivity contribution in [2.45, 2.75) is 38.5 Å². The molecule has 24 heavy (non-hydrogen) atoms. The molecule has 8 heteroatoms. The molecule has 1 amide bonds. The first kappa shape index (κ1) is 19.8. The van der Waals surface area contributed by atoms with Crippen LogP contribution in [0.15, 0.2) is 24.3 Å². The molecule has 134 valence electrons. The van der Waals surface area contributed by atoms with Crippen LogP contribution in [0.5, 0.6) is 5.75 Å². The number of carbonyl (C=O) groups is 2. The van der Waals surface area contributed by atoms with Gasteiger partial charge in [-0.2, -0.15) is 0 Å². The molecule has 0 fully saturated rings. The number of carboxylic acids is 1. The standard InChI is InChI=1S/C16H20F3NO4/c1-15(2,14(23)20(3)10-4-5-13(21)22)11-6-8-12(9-7-11)24-16(17,18)19/h6-9H,4-5,10H2,1-3H3,(H,21,22). The van der Waals surface area contributed by atoms with Crippen molar-refractivity contribution in [3.8, 4) is 5.75 Å². The molecular weight excluding hydrogens is 327 g/mol. The molecule has 0 heterocycles. The zero-order valence-electron chi connectivity index (χ0n) is 13.7. The fraction of sp³-hybridized carbons (Fsp3) is 0.500. The maximum atomic E-state index is 12.5. The lowest BCUT2D eigenvalue weighted by Crippen LogP contribution is -2.41. The van der Waals surface area contributed by atoms with E-state index < -0.39 is 17.7 Å². The van der Waals surface area contributed by atoms with Crippen molar-refractivity contribution in [2.24, 2.45) is 0 Å². The van der Waals surface area contributed by atoms with Crippen LogP contribution in [0.1, 0.15) is 32.3 Å². The molecule has 0 aliphatic rings. The summed E-state index contributed by atoms with van der Waals surface area (Å²) < 4.78 is 40.3. The minimum Gasteiger partial charge on any atom is -0.481 e. The zero-order chi connectivity index (χ0) is 18.5. The van der Waals surface area contributed by atoms with E-state index in [0.29, 0.717) is 12.0 Å². The van der Waals surface area contributed by atoms with Crippen LogP contribution in [-0.2, 0) is 15.0 Å². The summed E-state index contributed by atoms with van der Waals surface area (Å²) in [5.74, 6) is -1.54. The van der Waals surface area contributed by atoms with Gasteiger partial charge in [0.1, 0.15) is 5.75 Å². The number of alkyl halides is 3. The normalized spacial score (nSPS) is 11.9. The van der Waals surface area contributed by atoms with Crippen molar-refractivity contribution >= 4 is 11.9 Å². The van der Waals surface area contributed by atoms with E-state index in [1.807, 2.05) is 0 Å². The average Bonchev–Trinajstić information content (AvgIpc) is 2.44. The van der Waals surface area contributed by atoms with Crippen LogP contribution in [0.3, 0.4) is 0 Å². The molecule has 0 unspecified atom stereocenters. The zero-order valence-corrected chi connectivity index (χ0v) is 13.7. The fourth-order valence-corrected chi connectivity index (χ4v) is 2.24. The van der Waals surface area contributed by atoms with E-state index in [4.69, 9.17) is 5.11 Å². The number of ether oxygens (including phenoxy) is 1. The molecule has 5 nitrogen and oxygen atoms in total. The van der Waals surface area contributed by atoms with Gasteiger partial charge in [0.25, 0.3) is 0 Å². The first-order valence-corrected chi connectivity index (χ1v) is 7.27. The Hall–Kier alpha value is -2.25. The van der Waals surface area contributed by atoms with Crippen LogP contribution < -0.4 is 4.74 Å². The molecule has 0 atom stereocenters. The van der Waals surface area contributed by atoms with Crippen LogP contribution in [0.25, 0.3) is 0 Å². The maximum absolute atomic E-state index is 12.5. The molecule has 0 aliphatic heterocycles. The van der Waals surface area contributed by atoms with Crippen molar-refractivity contribution in [1.29, 1.82) is 0 Å². The third-order valence-electron chi connectivity index (χ3n) is 3.58. The number of rotatable bonds is 7. The molecule has 1 aromatic rings. The summed E-state index contributed by atoms with van der Waals surface area (Å²) in [6.45, 7) is 3.59. The van der Waals surface area contributed by atoms with Crippen molar-refractivity contribution in [1.82, 2.24) is 4.90 Å². The highest BCUT2D eigenvalue weighted by Crippen LogP contribution is 2.29. The lowest BCUT2D eigenvalue weighted by atomic mass is 9.83. The molecular formula is C16H20F3NO4. The van der Waals surface area contributed by atoms with Crippen LogP contribution in [0.2, 0.25) is 0 Å². The predicted octanol–water partition coefficient (Wildman–Crippen LogP) is 3.19. The number of halogens is 3. The molecule has 0 aromatic heterocycles. The van der Waals surface area contributed by atoms with Crippen molar-refractivity contribution in [3.05, 3.63) is 29.8 Å². The van der Waals surface area contributed by atoms with E-state index in [1.54, 1.807) is 20.9 Å². The largest absolute Gasteiger partial charge is 0.573 e. The third kappa shape index (κ3) is 5.75. The molecule has 0 radical (unpaired) electrons. The van der Waals surface area contributed by atoms with Crippen LogP contribution in [-0.4, -0.2) is 41.8 Å². The van der Waals surface area contributed by atoms with E-state index in [2.05, 4.69) is 4.74 Å². The van der Waals surface area contributed by atoms with Gasteiger partial charge in [-0.15, -0.1) is 13.2 Å². The Morgan fingerprint density at radius 3 is 2.17 bits per heavy atom. The Morgan fingerprint density at radius 2 is 1.71 bits per heavy atom. The van der Waals surface area contributed by atoms with Gasteiger partial charge in [0.05, 0.1) is 5.41 Å². The second-order valence-electron chi connectivity index (χ2n) is 5.92. The molecule has 1 aromatic carbocycles. The first-order valence-electron chi connectivity index (χ1n) is 7.27. The molecule has 0 saturated heterocycles. The Balaban J connectivity index is 2.79. The van der Waals surface area contributed by atoms with Crippen molar-refractivity contribution < 1.29 is 32.6 Å². The predicted molar refractivity (Wildman–Crippen MR) is 80.7 cm³/mol. The summed E-state index contributed by atoms with van der Waals surface area (Å²) >= 11 is 0. The Bertz CT molecular complexity index is 582. The number of likely N-dealkylation sites (N-methyl/N-ethyl adjacent to an activating group) is 1. The van der Waals surface area contributed by atoms with Gasteiger partial charge in [-0.25, -0.2) is 0 Å². The summed E-state index contributed by atoms with van der Waals surface area (Å²) in [6.07, 6.45) is -4.48. The molecule has 1 N–H and O–H groups in total. The second-order valence-corrected chi connectivity index (χ2v) is 5.92. The summed E-state index contributed by atoms with van der Waals surface area (Å²) in [6, 6.07) is 5.12. The quantitative estimate of drug-likeness (QED) is 0.823. The molecule has 0 spiro atoms. The van der Waals surface area contributed by atoms with Gasteiger partial charge in [0, 0.05) is 20.0 Å².